The molecular weight excluding hydrogens is 375 g/mol. The van der Waals surface area contributed by atoms with E-state index in [2.05, 4.69) is 20.9 Å². The highest BCUT2D eigenvalue weighted by molar-refractivity contribution is 7.90. The minimum atomic E-state index is -5.29. The second kappa shape index (κ2) is 9.95. The van der Waals surface area contributed by atoms with Gasteiger partial charge in [0.1, 0.15) is 6.54 Å². The van der Waals surface area contributed by atoms with Crippen LogP contribution in [0.1, 0.15) is 33.1 Å². The van der Waals surface area contributed by atoms with E-state index in [1.165, 1.54) is 0 Å². The lowest BCUT2D eigenvalue weighted by Crippen LogP contribution is -2.51. The number of hydrogen-bond donors (Lipinski definition) is 3. The summed E-state index contributed by atoms with van der Waals surface area (Å²) in [6.45, 7) is 4.35. The molecule has 0 unspecified atom stereocenters. The molecule has 12 heteroatoms. The number of guanidine groups is 1. The molecular formula is C14H26F3N5O3S. The van der Waals surface area contributed by atoms with Crippen LogP contribution in [0.3, 0.4) is 0 Å². The van der Waals surface area contributed by atoms with Gasteiger partial charge in [0.05, 0.1) is 0 Å². The first kappa shape index (κ1) is 22.5. The zero-order chi connectivity index (χ0) is 19.8. The molecule has 0 aromatic heterocycles. The number of rotatable bonds is 7. The highest BCUT2D eigenvalue weighted by atomic mass is 32.2. The van der Waals surface area contributed by atoms with Gasteiger partial charge in [0.2, 0.25) is 5.91 Å². The number of amides is 1. The number of hydrogen-bond acceptors (Lipinski definition) is 4. The minimum absolute atomic E-state index is 0.0728. The Morgan fingerprint density at radius 3 is 2.31 bits per heavy atom. The third-order valence-corrected chi connectivity index (χ3v) is 5.35. The molecule has 8 nitrogen and oxygen atoms in total. The van der Waals surface area contributed by atoms with Crippen molar-refractivity contribution in [1.29, 1.82) is 0 Å². The van der Waals surface area contributed by atoms with E-state index in [9.17, 15) is 26.4 Å². The second-order valence-corrected chi connectivity index (χ2v) is 7.74. The molecule has 1 amide bonds. The number of halogens is 3. The van der Waals surface area contributed by atoms with E-state index in [1.54, 1.807) is 0 Å². The quantitative estimate of drug-likeness (QED) is 0.423. The Morgan fingerprint density at radius 2 is 1.81 bits per heavy atom. The summed E-state index contributed by atoms with van der Waals surface area (Å²) in [6, 6.07) is -0.230. The molecule has 0 spiro atoms. The van der Waals surface area contributed by atoms with Crippen LogP contribution in [0.25, 0.3) is 0 Å². The van der Waals surface area contributed by atoms with Crippen molar-refractivity contribution in [3.8, 4) is 0 Å². The van der Waals surface area contributed by atoms with Gasteiger partial charge in [-0.3, -0.25) is 4.79 Å². The fraction of sp³-hybridized carbons (Fsp3) is 0.857. The Labute approximate surface area is 151 Å². The van der Waals surface area contributed by atoms with Crippen LogP contribution in [0, 0.1) is 0 Å². The number of nitrogens with zero attached hydrogens (tertiary/aromatic N) is 2. The van der Waals surface area contributed by atoms with E-state index in [0.29, 0.717) is 23.4 Å². The fourth-order valence-electron chi connectivity index (χ4n) is 2.37. The first-order valence-corrected chi connectivity index (χ1v) is 9.93. The van der Waals surface area contributed by atoms with Gasteiger partial charge in [-0.15, -0.1) is 0 Å². The van der Waals surface area contributed by atoms with E-state index in [0.717, 1.165) is 6.42 Å². The summed E-state index contributed by atoms with van der Waals surface area (Å²) in [5, 5.41) is 8.68. The molecule has 3 N–H and O–H groups in total. The molecule has 26 heavy (non-hydrogen) atoms. The monoisotopic (exact) mass is 401 g/mol. The first-order chi connectivity index (χ1) is 12.1. The fourth-order valence-corrected chi connectivity index (χ4v) is 3.36. The molecule has 1 saturated heterocycles. The highest BCUT2D eigenvalue weighted by Gasteiger charge is 2.50. The van der Waals surface area contributed by atoms with E-state index >= 15 is 0 Å². The third-order valence-electron chi connectivity index (χ3n) is 3.72. The average Bonchev–Trinajstić information content (AvgIpc) is 2.57. The van der Waals surface area contributed by atoms with Crippen LogP contribution < -0.4 is 16.0 Å². The number of carbonyl (C=O) groups excluding carboxylic acids is 1. The molecule has 0 atom stereocenters. The van der Waals surface area contributed by atoms with Crippen LogP contribution in [0.5, 0.6) is 0 Å². The third kappa shape index (κ3) is 6.63. The summed E-state index contributed by atoms with van der Waals surface area (Å²) in [5.41, 5.74) is -5.28. The Bertz CT molecular complexity index is 587. The number of alkyl halides is 3. The lowest BCUT2D eigenvalue weighted by Gasteiger charge is -2.32. The Kier molecular flexibility index (Phi) is 8.60. The predicted molar refractivity (Wildman–Crippen MR) is 92.0 cm³/mol. The number of aliphatic imine (C=N–C) groups is 1. The molecule has 0 radical (unpaired) electrons. The van der Waals surface area contributed by atoms with Crippen LogP contribution in [-0.2, 0) is 14.8 Å². The van der Waals surface area contributed by atoms with Crippen molar-refractivity contribution >= 4 is 21.9 Å². The van der Waals surface area contributed by atoms with Crippen molar-refractivity contribution in [1.82, 2.24) is 20.3 Å². The minimum Gasteiger partial charge on any atom is -0.357 e. The topological polar surface area (TPSA) is 103 Å². The molecule has 1 fully saturated rings. The van der Waals surface area contributed by atoms with Gasteiger partial charge in [-0.1, -0.05) is 6.92 Å². The van der Waals surface area contributed by atoms with Crippen molar-refractivity contribution in [3.63, 3.8) is 0 Å². The van der Waals surface area contributed by atoms with E-state index in [4.69, 9.17) is 0 Å². The molecule has 0 aliphatic carbocycles. The van der Waals surface area contributed by atoms with Gasteiger partial charge in [0, 0.05) is 32.2 Å². The van der Waals surface area contributed by atoms with Crippen molar-refractivity contribution in [3.05, 3.63) is 0 Å². The maximum absolute atomic E-state index is 12.6. The maximum atomic E-state index is 12.6. The molecule has 1 aliphatic rings. The van der Waals surface area contributed by atoms with Crippen LogP contribution >= 0.6 is 0 Å². The van der Waals surface area contributed by atoms with Gasteiger partial charge >= 0.3 is 15.5 Å². The van der Waals surface area contributed by atoms with E-state index in [-0.39, 0.29) is 44.4 Å². The van der Waals surface area contributed by atoms with Gasteiger partial charge in [0.15, 0.2) is 5.96 Å². The lowest BCUT2D eigenvalue weighted by molar-refractivity contribution is -0.119. The zero-order valence-electron chi connectivity index (χ0n) is 14.9. The first-order valence-electron chi connectivity index (χ1n) is 8.49. The van der Waals surface area contributed by atoms with Crippen LogP contribution in [0.2, 0.25) is 0 Å². The van der Waals surface area contributed by atoms with Gasteiger partial charge in [-0.2, -0.15) is 17.5 Å². The second-order valence-electron chi connectivity index (χ2n) is 5.81. The van der Waals surface area contributed by atoms with Crippen molar-refractivity contribution < 1.29 is 26.4 Å². The summed E-state index contributed by atoms with van der Waals surface area (Å²) >= 11 is 0. The van der Waals surface area contributed by atoms with E-state index < -0.39 is 15.5 Å². The van der Waals surface area contributed by atoms with Gasteiger partial charge in [-0.25, -0.2) is 13.4 Å². The smallest absolute Gasteiger partial charge is 0.357 e. The summed E-state index contributed by atoms with van der Waals surface area (Å²) in [5.74, 6) is 0.145. The number of sulfonamides is 1. The molecule has 0 aromatic rings. The largest absolute Gasteiger partial charge is 0.511 e. The van der Waals surface area contributed by atoms with Gasteiger partial charge in [0.25, 0.3) is 0 Å². The standard InChI is InChI=1S/C14H26F3N5O3S/c1-3-7-19-12(23)10-20-13(18-4-2)21-11-5-8-22(9-6-11)26(24,25)14(15,16)17/h11H,3-10H2,1-2H3,(H,19,23)(H2,18,20,21). The Morgan fingerprint density at radius 1 is 1.19 bits per heavy atom. The number of nitrogens with one attached hydrogen (secondary N) is 3. The molecule has 1 heterocycles. The molecule has 152 valence electrons. The molecule has 1 rings (SSSR count). The molecule has 0 aromatic carbocycles. The lowest BCUT2D eigenvalue weighted by atomic mass is 10.1. The van der Waals surface area contributed by atoms with Gasteiger partial charge < -0.3 is 16.0 Å². The summed E-state index contributed by atoms with van der Waals surface area (Å²) in [6.07, 6.45) is 1.23. The van der Waals surface area contributed by atoms with Crippen LogP contribution in [-0.4, -0.2) is 68.9 Å². The summed E-state index contributed by atoms with van der Waals surface area (Å²) < 4.78 is 61.0. The summed E-state index contributed by atoms with van der Waals surface area (Å²) in [7, 11) is -5.29. The number of piperidine rings is 1. The van der Waals surface area contributed by atoms with Crippen molar-refractivity contribution in [2.24, 2.45) is 4.99 Å². The average molecular weight is 401 g/mol. The maximum Gasteiger partial charge on any atom is 0.511 e. The highest BCUT2D eigenvalue weighted by Crippen LogP contribution is 2.28. The van der Waals surface area contributed by atoms with Crippen LogP contribution in [0.4, 0.5) is 13.2 Å². The van der Waals surface area contributed by atoms with Crippen molar-refractivity contribution in [2.75, 3.05) is 32.7 Å². The molecule has 1 aliphatic heterocycles. The summed E-state index contributed by atoms with van der Waals surface area (Å²) in [4.78, 5) is 15.7. The van der Waals surface area contributed by atoms with Crippen LogP contribution in [0.15, 0.2) is 4.99 Å². The zero-order valence-corrected chi connectivity index (χ0v) is 15.7. The molecule has 0 bridgehead atoms. The molecule has 0 saturated carbocycles. The van der Waals surface area contributed by atoms with E-state index in [1.807, 2.05) is 13.8 Å². The van der Waals surface area contributed by atoms with Gasteiger partial charge in [-0.05, 0) is 26.2 Å². The normalized spacial score (nSPS) is 17.8. The SMILES string of the molecule is CCCNC(=O)CN=C(NCC)NC1CCN(S(=O)(=O)C(F)(F)F)CC1. The predicted octanol–water partition coefficient (Wildman–Crippen LogP) is 0.382. The number of carbonyl (C=O) groups is 1. The van der Waals surface area contributed by atoms with Crippen molar-refractivity contribution in [2.45, 2.75) is 44.7 Å². The Balaban J connectivity index is 2.58. The Hall–Kier alpha value is -1.56.